The van der Waals surface area contributed by atoms with E-state index in [1.165, 1.54) is 4.85 Å². The van der Waals surface area contributed by atoms with Crippen LogP contribution in [-0.2, 0) is 0 Å². The van der Waals surface area contributed by atoms with Gasteiger partial charge in [0, 0.05) is 6.20 Å². The van der Waals surface area contributed by atoms with Gasteiger partial charge in [0.15, 0.2) is 0 Å². The third kappa shape index (κ3) is 6.80. The van der Waals surface area contributed by atoms with Gasteiger partial charge >= 0.3 is 6.02 Å². The Morgan fingerprint density at radius 2 is 1.65 bits per heavy atom. The lowest BCUT2D eigenvalue weighted by Gasteiger charge is -2.09. The zero-order valence-corrected chi connectivity index (χ0v) is 12.8. The molecule has 0 saturated carbocycles. The Kier molecular flexibility index (Phi) is 18.4. The summed E-state index contributed by atoms with van der Waals surface area (Å²) in [4.78, 5) is 13.0. The van der Waals surface area contributed by atoms with Crippen molar-refractivity contribution in [3.63, 3.8) is 0 Å². The summed E-state index contributed by atoms with van der Waals surface area (Å²) in [6, 6.07) is 4.28. The minimum atomic E-state index is 0. The fourth-order valence-corrected chi connectivity index (χ4v) is 1.45. The van der Waals surface area contributed by atoms with Gasteiger partial charge in [0.25, 0.3) is 0 Å². The molecule has 0 spiro atoms. The van der Waals surface area contributed by atoms with E-state index in [2.05, 4.69) is 15.3 Å². The van der Waals surface area contributed by atoms with Crippen molar-refractivity contribution in [2.24, 2.45) is 0 Å². The smallest absolute Gasteiger partial charge is 0.277 e. The third-order valence-electron chi connectivity index (χ3n) is 2.11. The molecular weight excluding hydrogens is 334 g/mol. The predicted octanol–water partition coefficient (Wildman–Crippen LogP) is 0.360. The van der Waals surface area contributed by atoms with Crippen molar-refractivity contribution < 1.29 is 37.6 Å². The summed E-state index contributed by atoms with van der Waals surface area (Å²) >= 11 is 0. The van der Waals surface area contributed by atoms with Crippen LogP contribution in [0.25, 0.3) is 11.2 Å². The van der Waals surface area contributed by atoms with Crippen molar-refractivity contribution in [3.05, 3.63) is 18.3 Å². The zero-order valence-electron chi connectivity index (χ0n) is 12.8. The molecule has 7 nitrogen and oxygen atoms in total. The highest BCUT2D eigenvalue weighted by atomic mass is 19.0. The molecule has 2 aromatic rings. The van der Waals surface area contributed by atoms with Crippen molar-refractivity contribution in [2.75, 3.05) is 28.2 Å². The van der Waals surface area contributed by atoms with Gasteiger partial charge in [0.2, 0.25) is 5.65 Å². The number of amidine groups is 1. The maximum Gasteiger partial charge on any atom is 0.472 e. The van der Waals surface area contributed by atoms with Gasteiger partial charge in [-0.05, 0) is 22.2 Å². The van der Waals surface area contributed by atoms with Gasteiger partial charge in [-0.25, -0.2) is 14.5 Å². The molecule has 0 amide bonds. The topological polar surface area (TPSA) is 59.1 Å². The quantitative estimate of drug-likeness (QED) is 0.320. The Morgan fingerprint density at radius 3 is 2.13 bits per heavy atom. The van der Waals surface area contributed by atoms with Crippen LogP contribution in [0.2, 0.25) is 0 Å². The first-order chi connectivity index (χ1) is 8.09. The molecule has 0 aliphatic heterocycles. The predicted molar refractivity (Wildman–Crippen MR) is 77.7 cm³/mol. The van der Waals surface area contributed by atoms with Crippen LogP contribution in [0.15, 0.2) is 18.3 Å². The van der Waals surface area contributed by atoms with E-state index in [0.29, 0.717) is 17.2 Å². The molecule has 0 aromatic carbocycles. The number of pyridine rings is 1. The van der Waals surface area contributed by atoms with Gasteiger partial charge < -0.3 is 0 Å². The summed E-state index contributed by atoms with van der Waals surface area (Å²) in [7, 11) is 7.56. The van der Waals surface area contributed by atoms with Gasteiger partial charge in [-0.15, -0.1) is 5.10 Å². The number of nitrogens with zero attached hydrogens (tertiary/aromatic N) is 6. The highest BCUT2D eigenvalue weighted by Crippen LogP contribution is 2.04. The average Bonchev–Trinajstić information content (AvgIpc) is 2.68. The van der Waals surface area contributed by atoms with E-state index in [1.54, 1.807) is 6.20 Å². The normalized spacial score (nSPS) is 7.65. The van der Waals surface area contributed by atoms with E-state index in [0.717, 1.165) is 0 Å². The van der Waals surface area contributed by atoms with Crippen LogP contribution in [0.3, 0.4) is 0 Å². The Labute approximate surface area is 127 Å². The summed E-state index contributed by atoms with van der Waals surface area (Å²) in [6.45, 7) is 0. The molecule has 0 unspecified atom stereocenters. The average molecular weight is 355 g/mol. The van der Waals surface area contributed by atoms with Crippen LogP contribution < -0.4 is 4.84 Å². The molecule has 13 heteroatoms. The molecule has 0 bridgehead atoms. The first kappa shape index (κ1) is 32.4. The van der Waals surface area contributed by atoms with Crippen LogP contribution in [0, 0.1) is 0 Å². The van der Waals surface area contributed by atoms with Crippen LogP contribution in [0.4, 0.5) is 28.2 Å². The van der Waals surface area contributed by atoms with Crippen molar-refractivity contribution in [2.45, 2.75) is 0 Å². The number of halogens is 6. The third-order valence-corrected chi connectivity index (χ3v) is 2.11. The number of fused-ring (bicyclic) bond motifs is 1. The van der Waals surface area contributed by atoms with E-state index in [9.17, 15) is 0 Å². The van der Waals surface area contributed by atoms with Gasteiger partial charge in [-0.1, -0.05) is 0 Å². The van der Waals surface area contributed by atoms with Gasteiger partial charge in [-0.3, -0.25) is 33.1 Å². The van der Waals surface area contributed by atoms with E-state index in [1.807, 2.05) is 49.8 Å². The summed E-state index contributed by atoms with van der Waals surface area (Å²) in [5.41, 5.74) is 1.29. The molecule has 0 atom stereocenters. The van der Waals surface area contributed by atoms with Crippen LogP contribution in [-0.4, -0.2) is 63.8 Å². The maximum absolute atomic E-state index is 5.64. The Balaban J connectivity index is -0.000000180. The molecule has 23 heavy (non-hydrogen) atoms. The maximum atomic E-state index is 5.64. The molecule has 0 aliphatic rings. The van der Waals surface area contributed by atoms with Crippen LogP contribution in [0.1, 0.15) is 0 Å². The van der Waals surface area contributed by atoms with Crippen LogP contribution >= 0.6 is 0 Å². The number of hydrogen-bond donors (Lipinski definition) is 0. The second-order valence-electron chi connectivity index (χ2n) is 3.97. The largest absolute Gasteiger partial charge is 0.472 e. The molecule has 0 saturated heterocycles. The van der Waals surface area contributed by atoms with Crippen molar-refractivity contribution in [1.29, 1.82) is 0 Å². The minimum Gasteiger partial charge on any atom is -0.277 e. The summed E-state index contributed by atoms with van der Waals surface area (Å²) in [5.74, 6) is 0. The Morgan fingerprint density at radius 1 is 1.09 bits per heavy atom. The van der Waals surface area contributed by atoms with Crippen molar-refractivity contribution in [3.8, 4) is 0 Å². The molecule has 0 fully saturated rings. The van der Waals surface area contributed by atoms with E-state index in [4.69, 9.17) is 4.84 Å². The monoisotopic (exact) mass is 355 g/mol. The molecular formula is C10H21F6N6O+. The lowest BCUT2D eigenvalue weighted by molar-refractivity contribution is -0.480. The molecule has 2 rings (SSSR count). The van der Waals surface area contributed by atoms with Crippen molar-refractivity contribution >= 4 is 17.2 Å². The van der Waals surface area contributed by atoms with E-state index in [-0.39, 0.29) is 28.2 Å². The minimum absolute atomic E-state index is 0. The van der Waals surface area contributed by atoms with Gasteiger partial charge in [0.05, 0.1) is 28.2 Å². The zero-order chi connectivity index (χ0) is 12.4. The SMILES string of the molecule is CN(C)C(On1nnc2cccnc21)=[N+](C)C.F.F.F.F.F.F. The highest BCUT2D eigenvalue weighted by Gasteiger charge is 2.17. The lowest BCUT2D eigenvalue weighted by atomic mass is 10.4. The Hall–Kier alpha value is -2.60. The first-order valence-corrected chi connectivity index (χ1v) is 5.16. The molecule has 0 aliphatic carbocycles. The number of rotatable bonds is 1. The number of aromatic nitrogens is 4. The molecule has 0 radical (unpaired) electrons. The Bertz CT molecular complexity index is 574. The van der Waals surface area contributed by atoms with E-state index >= 15 is 0 Å². The standard InChI is InChI=1S/C10H15N6O.6FH/c1-14(2)10(15(3)4)17-16-9-8(12-13-16)6-5-7-11-9;;;;;;/h5-7H,1-4H3;6*1H/q+1;;;;;;. The molecule has 138 valence electrons. The fraction of sp³-hybridized carbons (Fsp3) is 0.400. The highest BCUT2D eigenvalue weighted by molar-refractivity contribution is 5.71. The lowest BCUT2D eigenvalue weighted by Crippen LogP contribution is -2.39. The molecule has 2 aromatic heterocycles. The summed E-state index contributed by atoms with van der Waals surface area (Å²) < 4.78 is 1.84. The van der Waals surface area contributed by atoms with Gasteiger partial charge in [-0.2, -0.15) is 0 Å². The van der Waals surface area contributed by atoms with E-state index < -0.39 is 0 Å². The van der Waals surface area contributed by atoms with Gasteiger partial charge in [0.1, 0.15) is 5.52 Å². The van der Waals surface area contributed by atoms with Crippen molar-refractivity contribution in [1.82, 2.24) is 25.0 Å². The summed E-state index contributed by atoms with van der Waals surface area (Å²) in [5, 5.41) is 7.87. The second-order valence-corrected chi connectivity index (χ2v) is 3.97. The fourth-order valence-electron chi connectivity index (χ4n) is 1.45. The molecule has 2 heterocycles. The number of hydrogen-bond acceptors (Lipinski definition) is 4. The van der Waals surface area contributed by atoms with Crippen LogP contribution in [0.5, 0.6) is 0 Å². The first-order valence-electron chi connectivity index (χ1n) is 5.16. The molecule has 0 N–H and O–H groups in total. The summed E-state index contributed by atoms with van der Waals surface area (Å²) in [6.07, 6.45) is 1.68. The second kappa shape index (κ2) is 13.1.